The van der Waals surface area contributed by atoms with Gasteiger partial charge in [-0.15, -0.1) is 11.3 Å². The van der Waals surface area contributed by atoms with Gasteiger partial charge in [0.1, 0.15) is 6.10 Å². The highest BCUT2D eigenvalue weighted by Gasteiger charge is 2.15. The number of hydrogen-bond acceptors (Lipinski definition) is 2. The molecular formula is C19H14OS. The molecule has 0 saturated heterocycles. The van der Waals surface area contributed by atoms with Crippen LogP contribution in [0.15, 0.2) is 72.1 Å². The Balaban J connectivity index is 1.83. The first-order valence-electron chi connectivity index (χ1n) is 6.96. The molecule has 1 heterocycles. The number of aliphatic hydroxyl groups is 1. The van der Waals surface area contributed by atoms with Crippen LogP contribution in [0.3, 0.4) is 0 Å². The van der Waals surface area contributed by atoms with Gasteiger partial charge in [0.2, 0.25) is 0 Å². The second kappa shape index (κ2) is 4.99. The molecule has 1 nitrogen and oxygen atoms in total. The minimum Gasteiger partial charge on any atom is -0.384 e. The standard InChI is InChI=1S/C19H14OS/c20-19(17-12-21-18-8-4-3-7-16(17)18)15-10-9-13-5-1-2-6-14(13)11-15/h1-12,19-20H. The van der Waals surface area contributed by atoms with Crippen LogP contribution in [0, 0.1) is 0 Å². The number of hydrogen-bond donors (Lipinski definition) is 1. The monoisotopic (exact) mass is 290 g/mol. The third-order valence-electron chi connectivity index (χ3n) is 3.89. The first-order valence-corrected chi connectivity index (χ1v) is 7.84. The molecule has 4 aromatic rings. The SMILES string of the molecule is OC(c1ccc2ccccc2c1)c1csc2ccccc12. The van der Waals surface area contributed by atoms with Crippen molar-refractivity contribution in [3.05, 3.63) is 83.2 Å². The second-order valence-electron chi connectivity index (χ2n) is 5.20. The molecule has 0 aliphatic carbocycles. The highest BCUT2D eigenvalue weighted by Crippen LogP contribution is 2.34. The van der Waals surface area contributed by atoms with Gasteiger partial charge in [-0.2, -0.15) is 0 Å². The van der Waals surface area contributed by atoms with Gasteiger partial charge in [0.05, 0.1) is 0 Å². The highest BCUT2D eigenvalue weighted by molar-refractivity contribution is 7.17. The van der Waals surface area contributed by atoms with E-state index in [0.29, 0.717) is 0 Å². The van der Waals surface area contributed by atoms with Crippen LogP contribution >= 0.6 is 11.3 Å². The van der Waals surface area contributed by atoms with E-state index >= 15 is 0 Å². The molecule has 4 rings (SSSR count). The first-order chi connectivity index (χ1) is 10.3. The van der Waals surface area contributed by atoms with Gasteiger partial charge in [-0.1, -0.05) is 54.6 Å². The molecule has 1 N–H and O–H groups in total. The van der Waals surface area contributed by atoms with Crippen molar-refractivity contribution >= 4 is 32.2 Å². The van der Waals surface area contributed by atoms with Gasteiger partial charge < -0.3 is 5.11 Å². The molecule has 0 aliphatic rings. The highest BCUT2D eigenvalue weighted by atomic mass is 32.1. The molecule has 3 aromatic carbocycles. The molecule has 0 spiro atoms. The van der Waals surface area contributed by atoms with Crippen molar-refractivity contribution in [1.29, 1.82) is 0 Å². The summed E-state index contributed by atoms with van der Waals surface area (Å²) in [5.41, 5.74) is 1.93. The Morgan fingerprint density at radius 3 is 2.48 bits per heavy atom. The zero-order chi connectivity index (χ0) is 14.2. The number of benzene rings is 3. The first kappa shape index (κ1) is 12.6. The van der Waals surface area contributed by atoms with Crippen molar-refractivity contribution < 1.29 is 5.11 Å². The molecule has 1 atom stereocenters. The summed E-state index contributed by atoms with van der Waals surface area (Å²) in [6.07, 6.45) is -0.578. The van der Waals surface area contributed by atoms with Crippen LogP contribution in [0.1, 0.15) is 17.2 Å². The fourth-order valence-corrected chi connectivity index (χ4v) is 3.75. The lowest BCUT2D eigenvalue weighted by molar-refractivity contribution is 0.222. The summed E-state index contributed by atoms with van der Waals surface area (Å²) in [5, 5.41) is 16.3. The number of thiophene rings is 1. The van der Waals surface area contributed by atoms with E-state index < -0.39 is 6.10 Å². The van der Waals surface area contributed by atoms with Crippen molar-refractivity contribution in [1.82, 2.24) is 0 Å². The van der Waals surface area contributed by atoms with E-state index in [2.05, 4.69) is 41.8 Å². The van der Waals surface area contributed by atoms with Crippen molar-refractivity contribution in [2.45, 2.75) is 6.10 Å². The maximum Gasteiger partial charge on any atom is 0.105 e. The van der Waals surface area contributed by atoms with E-state index in [-0.39, 0.29) is 0 Å². The van der Waals surface area contributed by atoms with Crippen molar-refractivity contribution in [2.24, 2.45) is 0 Å². The van der Waals surface area contributed by atoms with E-state index in [1.807, 2.05) is 30.3 Å². The van der Waals surface area contributed by atoms with Crippen LogP contribution in [-0.2, 0) is 0 Å². The summed E-state index contributed by atoms with van der Waals surface area (Å²) in [6.45, 7) is 0. The van der Waals surface area contributed by atoms with Crippen LogP contribution in [0.25, 0.3) is 20.9 Å². The zero-order valence-corrected chi connectivity index (χ0v) is 12.2. The lowest BCUT2D eigenvalue weighted by Crippen LogP contribution is -1.98. The quantitative estimate of drug-likeness (QED) is 0.542. The van der Waals surface area contributed by atoms with Crippen molar-refractivity contribution in [3.8, 4) is 0 Å². The summed E-state index contributed by atoms with van der Waals surface area (Å²) < 4.78 is 1.22. The number of rotatable bonds is 2. The maximum atomic E-state index is 10.7. The van der Waals surface area contributed by atoms with Crippen LogP contribution in [0.5, 0.6) is 0 Å². The predicted octanol–water partition coefficient (Wildman–Crippen LogP) is 5.14. The fourth-order valence-electron chi connectivity index (χ4n) is 2.77. The Bertz CT molecular complexity index is 923. The van der Waals surface area contributed by atoms with Gasteiger partial charge in [0.15, 0.2) is 0 Å². The molecule has 2 heteroatoms. The van der Waals surface area contributed by atoms with Crippen molar-refractivity contribution in [2.75, 3.05) is 0 Å². The molecular weight excluding hydrogens is 276 g/mol. The minimum absolute atomic E-state index is 0.578. The van der Waals surface area contributed by atoms with Crippen LogP contribution in [0.4, 0.5) is 0 Å². The normalized spacial score (nSPS) is 12.8. The van der Waals surface area contributed by atoms with Gasteiger partial charge in [0, 0.05) is 10.3 Å². The molecule has 0 radical (unpaired) electrons. The van der Waals surface area contributed by atoms with E-state index in [9.17, 15) is 5.11 Å². The molecule has 21 heavy (non-hydrogen) atoms. The number of aliphatic hydroxyl groups excluding tert-OH is 1. The Hall–Kier alpha value is -2.16. The summed E-state index contributed by atoms with van der Waals surface area (Å²) in [7, 11) is 0. The molecule has 0 amide bonds. The zero-order valence-electron chi connectivity index (χ0n) is 11.4. The van der Waals surface area contributed by atoms with Gasteiger partial charge in [-0.3, -0.25) is 0 Å². The fraction of sp³-hybridized carbons (Fsp3) is 0.0526. The Labute approximate surface area is 127 Å². The molecule has 102 valence electrons. The topological polar surface area (TPSA) is 20.2 Å². The molecule has 0 aliphatic heterocycles. The lowest BCUT2D eigenvalue weighted by atomic mass is 9.98. The third-order valence-corrected chi connectivity index (χ3v) is 4.88. The lowest BCUT2D eigenvalue weighted by Gasteiger charge is -2.11. The van der Waals surface area contributed by atoms with Gasteiger partial charge in [-0.05, 0) is 39.2 Å². The van der Waals surface area contributed by atoms with Gasteiger partial charge >= 0.3 is 0 Å². The smallest absolute Gasteiger partial charge is 0.105 e. The summed E-state index contributed by atoms with van der Waals surface area (Å²) in [5.74, 6) is 0. The van der Waals surface area contributed by atoms with Gasteiger partial charge in [0.25, 0.3) is 0 Å². The Morgan fingerprint density at radius 1 is 0.810 bits per heavy atom. The van der Waals surface area contributed by atoms with Crippen LogP contribution in [-0.4, -0.2) is 5.11 Å². The molecule has 0 fully saturated rings. The maximum absolute atomic E-state index is 10.7. The van der Waals surface area contributed by atoms with E-state index in [1.54, 1.807) is 11.3 Å². The van der Waals surface area contributed by atoms with E-state index in [1.165, 1.54) is 10.1 Å². The molecule has 0 bridgehead atoms. The number of fused-ring (bicyclic) bond motifs is 2. The third kappa shape index (κ3) is 2.13. The Morgan fingerprint density at radius 2 is 1.57 bits per heavy atom. The molecule has 1 aromatic heterocycles. The molecule has 0 saturated carbocycles. The predicted molar refractivity (Wildman–Crippen MR) is 89.8 cm³/mol. The van der Waals surface area contributed by atoms with Crippen LogP contribution in [0.2, 0.25) is 0 Å². The van der Waals surface area contributed by atoms with Crippen LogP contribution < -0.4 is 0 Å². The average molecular weight is 290 g/mol. The van der Waals surface area contributed by atoms with Crippen molar-refractivity contribution in [3.63, 3.8) is 0 Å². The molecule has 1 unspecified atom stereocenters. The summed E-state index contributed by atoms with van der Waals surface area (Å²) >= 11 is 1.68. The minimum atomic E-state index is -0.578. The van der Waals surface area contributed by atoms with E-state index in [0.717, 1.165) is 21.9 Å². The average Bonchev–Trinajstić information content (AvgIpc) is 2.98. The Kier molecular flexibility index (Phi) is 2.99. The largest absolute Gasteiger partial charge is 0.384 e. The van der Waals surface area contributed by atoms with E-state index in [4.69, 9.17) is 0 Å². The summed E-state index contributed by atoms with van der Waals surface area (Å²) in [6, 6.07) is 22.6. The van der Waals surface area contributed by atoms with Gasteiger partial charge in [-0.25, -0.2) is 0 Å². The summed E-state index contributed by atoms with van der Waals surface area (Å²) in [4.78, 5) is 0. The second-order valence-corrected chi connectivity index (χ2v) is 6.11.